The fourth-order valence-electron chi connectivity index (χ4n) is 2.47. The van der Waals surface area contributed by atoms with Gasteiger partial charge in [0.25, 0.3) is 0 Å². The molecule has 0 radical (unpaired) electrons. The summed E-state index contributed by atoms with van der Waals surface area (Å²) in [6.07, 6.45) is 1.27. The number of carbonyl (C=O) groups is 1. The van der Waals surface area contributed by atoms with E-state index < -0.39 is 31.7 Å². The van der Waals surface area contributed by atoms with Gasteiger partial charge in [-0.2, -0.15) is 8.42 Å². The summed E-state index contributed by atoms with van der Waals surface area (Å²) in [5, 5.41) is 0. The fraction of sp³-hybridized carbons (Fsp3) is 0.286. The number of benzene rings is 2. The Morgan fingerprint density at radius 2 is 1.40 bits per heavy atom. The molecule has 0 unspecified atom stereocenters. The standard InChI is InChI=1S/C21H25NO6S2/c1-15(2)21(23)20(14-22(4)5)29(24,25)18-12-8-17(9-13-18)28-30(26,27)19-10-6-16(3)7-11-19/h6-15H,1-5H3/b20-14+. The molecule has 2 rings (SSSR count). The van der Waals surface area contributed by atoms with Gasteiger partial charge in [-0.1, -0.05) is 31.5 Å². The summed E-state index contributed by atoms with van der Waals surface area (Å²) < 4.78 is 55.8. The molecule has 0 fully saturated rings. The van der Waals surface area contributed by atoms with Crippen LogP contribution >= 0.6 is 0 Å². The van der Waals surface area contributed by atoms with Gasteiger partial charge in [-0.05, 0) is 43.3 Å². The van der Waals surface area contributed by atoms with Crippen molar-refractivity contribution in [2.45, 2.75) is 30.6 Å². The van der Waals surface area contributed by atoms with E-state index in [9.17, 15) is 21.6 Å². The van der Waals surface area contributed by atoms with E-state index >= 15 is 0 Å². The lowest BCUT2D eigenvalue weighted by molar-refractivity contribution is -0.117. The Bertz CT molecular complexity index is 1140. The van der Waals surface area contributed by atoms with Crippen LogP contribution in [0.1, 0.15) is 19.4 Å². The lowest BCUT2D eigenvalue weighted by Crippen LogP contribution is -2.21. The highest BCUT2D eigenvalue weighted by molar-refractivity contribution is 7.96. The van der Waals surface area contributed by atoms with Gasteiger partial charge in [-0.15, -0.1) is 0 Å². The molecule has 0 aliphatic rings. The number of ketones is 1. The minimum absolute atomic E-state index is 0.0106. The van der Waals surface area contributed by atoms with Gasteiger partial charge >= 0.3 is 10.1 Å². The van der Waals surface area contributed by atoms with Gasteiger partial charge in [0.05, 0.1) is 4.90 Å². The number of hydrogen-bond acceptors (Lipinski definition) is 7. The van der Waals surface area contributed by atoms with Crippen LogP contribution in [0.25, 0.3) is 0 Å². The number of sulfone groups is 1. The van der Waals surface area contributed by atoms with Crippen molar-refractivity contribution in [3.8, 4) is 5.75 Å². The Morgan fingerprint density at radius 1 is 0.900 bits per heavy atom. The highest BCUT2D eigenvalue weighted by atomic mass is 32.2. The molecule has 0 aliphatic carbocycles. The monoisotopic (exact) mass is 451 g/mol. The summed E-state index contributed by atoms with van der Waals surface area (Å²) in [5.41, 5.74) is 0.904. The largest absolute Gasteiger partial charge is 0.382 e. The summed E-state index contributed by atoms with van der Waals surface area (Å²) in [7, 11) is -4.91. The van der Waals surface area contributed by atoms with Crippen LogP contribution in [-0.4, -0.2) is 41.6 Å². The quantitative estimate of drug-likeness (QED) is 0.449. The number of Topliss-reactive ketones (excluding diaryl/α,β-unsaturated/α-hetero) is 1. The van der Waals surface area contributed by atoms with Gasteiger partial charge in [0, 0.05) is 26.2 Å². The molecule has 0 atom stereocenters. The predicted octanol–water partition coefficient (Wildman–Crippen LogP) is 3.16. The summed E-state index contributed by atoms with van der Waals surface area (Å²) in [6.45, 7) is 5.07. The zero-order valence-electron chi connectivity index (χ0n) is 17.5. The summed E-state index contributed by atoms with van der Waals surface area (Å²) in [5.74, 6) is -1.05. The Balaban J connectivity index is 2.35. The SMILES string of the molecule is Cc1ccc(S(=O)(=O)Oc2ccc(S(=O)(=O)/C(=C/N(C)C)C(=O)C(C)C)cc2)cc1. The molecule has 30 heavy (non-hydrogen) atoms. The van der Waals surface area contributed by atoms with Crippen molar-refractivity contribution in [2.75, 3.05) is 14.1 Å². The van der Waals surface area contributed by atoms with Crippen LogP contribution in [0.15, 0.2) is 69.4 Å². The second-order valence-corrected chi connectivity index (χ2v) is 10.8. The molecule has 0 amide bonds. The van der Waals surface area contributed by atoms with Gasteiger partial charge < -0.3 is 9.08 Å². The van der Waals surface area contributed by atoms with E-state index in [1.54, 1.807) is 40.1 Å². The lowest BCUT2D eigenvalue weighted by Gasteiger charge is -2.14. The van der Waals surface area contributed by atoms with Gasteiger partial charge in [0.1, 0.15) is 15.6 Å². The maximum atomic E-state index is 13.0. The minimum Gasteiger partial charge on any atom is -0.382 e. The molecule has 0 aliphatic heterocycles. The molecular formula is C21H25NO6S2. The molecule has 0 N–H and O–H groups in total. The first-order chi connectivity index (χ1) is 13.8. The van der Waals surface area contributed by atoms with Crippen LogP contribution in [-0.2, 0) is 24.7 Å². The highest BCUT2D eigenvalue weighted by Crippen LogP contribution is 2.26. The smallest absolute Gasteiger partial charge is 0.339 e. The topological polar surface area (TPSA) is 97.8 Å². The molecular weight excluding hydrogens is 426 g/mol. The van der Waals surface area contributed by atoms with Crippen LogP contribution in [0.5, 0.6) is 5.75 Å². The fourth-order valence-corrected chi connectivity index (χ4v) is 4.99. The Morgan fingerprint density at radius 3 is 1.87 bits per heavy atom. The lowest BCUT2D eigenvalue weighted by atomic mass is 10.1. The van der Waals surface area contributed by atoms with Gasteiger partial charge in [-0.3, -0.25) is 4.79 Å². The minimum atomic E-state index is -4.09. The number of rotatable bonds is 8. The molecule has 2 aromatic carbocycles. The average molecular weight is 452 g/mol. The molecule has 2 aromatic rings. The molecule has 0 heterocycles. The van der Waals surface area contributed by atoms with Crippen LogP contribution in [0.3, 0.4) is 0 Å². The van der Waals surface area contributed by atoms with Crippen LogP contribution in [0.4, 0.5) is 0 Å². The third kappa shape index (κ3) is 5.48. The van der Waals surface area contributed by atoms with Crippen molar-refractivity contribution >= 4 is 25.7 Å². The first kappa shape index (κ1) is 23.6. The zero-order chi connectivity index (χ0) is 22.7. The van der Waals surface area contributed by atoms with Crippen molar-refractivity contribution in [2.24, 2.45) is 5.92 Å². The number of hydrogen-bond donors (Lipinski definition) is 0. The summed E-state index contributed by atoms with van der Waals surface area (Å²) in [4.78, 5) is 13.5. The third-order valence-electron chi connectivity index (χ3n) is 4.08. The van der Waals surface area contributed by atoms with E-state index in [0.29, 0.717) is 0 Å². The number of allylic oxidation sites excluding steroid dienone is 1. The van der Waals surface area contributed by atoms with Gasteiger partial charge in [-0.25, -0.2) is 8.42 Å². The van der Waals surface area contributed by atoms with E-state index in [-0.39, 0.29) is 20.4 Å². The van der Waals surface area contributed by atoms with E-state index in [0.717, 1.165) is 5.56 Å². The first-order valence-electron chi connectivity index (χ1n) is 9.13. The molecule has 0 saturated heterocycles. The highest BCUT2D eigenvalue weighted by Gasteiger charge is 2.29. The molecule has 0 aromatic heterocycles. The normalized spacial score (nSPS) is 12.7. The molecule has 0 bridgehead atoms. The second-order valence-electron chi connectivity index (χ2n) is 7.30. The molecule has 0 saturated carbocycles. The van der Waals surface area contributed by atoms with Crippen molar-refractivity contribution in [3.63, 3.8) is 0 Å². The van der Waals surface area contributed by atoms with Crippen LogP contribution in [0.2, 0.25) is 0 Å². The maximum absolute atomic E-state index is 13.0. The summed E-state index contributed by atoms with van der Waals surface area (Å²) >= 11 is 0. The number of carbonyl (C=O) groups excluding carboxylic acids is 1. The molecule has 7 nitrogen and oxygen atoms in total. The van der Waals surface area contributed by atoms with Crippen LogP contribution in [0, 0.1) is 12.8 Å². The predicted molar refractivity (Wildman–Crippen MR) is 114 cm³/mol. The zero-order valence-corrected chi connectivity index (χ0v) is 19.1. The van der Waals surface area contributed by atoms with E-state index in [2.05, 4.69) is 0 Å². The Hall–Kier alpha value is -2.65. The van der Waals surface area contributed by atoms with Crippen LogP contribution < -0.4 is 4.18 Å². The molecule has 9 heteroatoms. The Labute approximate surface area is 178 Å². The maximum Gasteiger partial charge on any atom is 0.339 e. The van der Waals surface area contributed by atoms with Crippen molar-refractivity contribution in [1.82, 2.24) is 4.90 Å². The van der Waals surface area contributed by atoms with Crippen molar-refractivity contribution < 1.29 is 25.8 Å². The van der Waals surface area contributed by atoms with E-state index in [1.807, 2.05) is 6.92 Å². The average Bonchev–Trinajstić information content (AvgIpc) is 2.65. The number of aryl methyl sites for hydroxylation is 1. The van der Waals surface area contributed by atoms with E-state index in [4.69, 9.17) is 4.18 Å². The molecule has 0 spiro atoms. The summed E-state index contributed by atoms with van der Waals surface area (Å²) in [6, 6.07) is 11.1. The molecule has 162 valence electrons. The third-order valence-corrected chi connectivity index (χ3v) is 7.12. The van der Waals surface area contributed by atoms with Gasteiger partial charge in [0.2, 0.25) is 9.84 Å². The second kappa shape index (κ2) is 9.01. The first-order valence-corrected chi connectivity index (χ1v) is 12.0. The number of nitrogens with zero attached hydrogens (tertiary/aromatic N) is 1. The Kier molecular flexibility index (Phi) is 7.10. The van der Waals surface area contributed by atoms with Crippen molar-refractivity contribution in [3.05, 3.63) is 65.2 Å². The van der Waals surface area contributed by atoms with Gasteiger partial charge in [0.15, 0.2) is 5.78 Å². The van der Waals surface area contributed by atoms with E-state index in [1.165, 1.54) is 47.5 Å². The van der Waals surface area contributed by atoms with Crippen molar-refractivity contribution in [1.29, 1.82) is 0 Å².